The smallest absolute Gasteiger partial charge is 0.222 e. The molecule has 1 aromatic rings. The van der Waals surface area contributed by atoms with Crippen LogP contribution in [0.5, 0.6) is 0 Å². The van der Waals surface area contributed by atoms with Gasteiger partial charge in [-0.1, -0.05) is 30.7 Å². The van der Waals surface area contributed by atoms with Crippen LogP contribution in [0.4, 0.5) is 0 Å². The lowest BCUT2D eigenvalue weighted by molar-refractivity contribution is -0.132. The second-order valence-electron chi connectivity index (χ2n) is 5.60. The van der Waals surface area contributed by atoms with Crippen LogP contribution in [0.15, 0.2) is 24.3 Å². The van der Waals surface area contributed by atoms with E-state index in [0.717, 1.165) is 11.4 Å². The summed E-state index contributed by atoms with van der Waals surface area (Å²) in [5.74, 6) is 0.409. The number of hydrogen-bond donors (Lipinski definition) is 1. The molecule has 0 aliphatic carbocycles. The Bertz CT molecular complexity index is 434. The summed E-state index contributed by atoms with van der Waals surface area (Å²) in [4.78, 5) is 13.9. The molecule has 5 heteroatoms. The highest BCUT2D eigenvalue weighted by molar-refractivity contribution is 6.30. The van der Waals surface area contributed by atoms with E-state index in [4.69, 9.17) is 17.3 Å². The van der Waals surface area contributed by atoms with Gasteiger partial charge in [-0.05, 0) is 38.0 Å². The van der Waals surface area contributed by atoms with Crippen LogP contribution < -0.4 is 5.73 Å². The molecule has 0 aromatic heterocycles. The number of carbonyl (C=O) groups is 1. The summed E-state index contributed by atoms with van der Waals surface area (Å²) in [7, 11) is 1.86. The maximum Gasteiger partial charge on any atom is 0.222 e. The Hall–Kier alpha value is -0.770. The van der Waals surface area contributed by atoms with Crippen molar-refractivity contribution in [1.82, 2.24) is 4.90 Å². The van der Waals surface area contributed by atoms with Crippen LogP contribution in [-0.2, 0) is 4.79 Å². The van der Waals surface area contributed by atoms with Gasteiger partial charge in [0.25, 0.3) is 0 Å². The zero-order valence-corrected chi connectivity index (χ0v) is 14.7. The number of rotatable bonds is 6. The third-order valence-electron chi connectivity index (χ3n) is 3.94. The normalized spacial score (nSPS) is 14.8. The minimum atomic E-state index is 0. The number of carbonyl (C=O) groups excluding carboxylic acids is 1. The Morgan fingerprint density at radius 3 is 2.24 bits per heavy atom. The number of hydrogen-bond acceptors (Lipinski definition) is 2. The SMILES string of the molecule is CC(N)CCC(=O)N(C)C(C)C(C)c1ccc(Cl)cc1.Cl. The van der Waals surface area contributed by atoms with Crippen LogP contribution >= 0.6 is 24.0 Å². The summed E-state index contributed by atoms with van der Waals surface area (Å²) in [5, 5.41) is 0.731. The average Bonchev–Trinajstić information content (AvgIpc) is 2.43. The van der Waals surface area contributed by atoms with Crippen molar-refractivity contribution in [1.29, 1.82) is 0 Å². The molecule has 0 spiro atoms. The van der Waals surface area contributed by atoms with Gasteiger partial charge >= 0.3 is 0 Å². The number of amides is 1. The predicted octanol–water partition coefficient (Wildman–Crippen LogP) is 3.84. The first kappa shape index (κ1) is 20.2. The van der Waals surface area contributed by atoms with E-state index < -0.39 is 0 Å². The highest BCUT2D eigenvalue weighted by Gasteiger charge is 2.22. The van der Waals surface area contributed by atoms with Crippen LogP contribution in [0.3, 0.4) is 0 Å². The monoisotopic (exact) mass is 332 g/mol. The number of nitrogens with two attached hydrogens (primary N) is 1. The lowest BCUT2D eigenvalue weighted by atomic mass is 9.93. The highest BCUT2D eigenvalue weighted by atomic mass is 35.5. The molecule has 3 atom stereocenters. The number of nitrogens with zero attached hydrogens (tertiary/aromatic N) is 1. The molecule has 1 rings (SSSR count). The fraction of sp³-hybridized carbons (Fsp3) is 0.562. The van der Waals surface area contributed by atoms with Gasteiger partial charge in [-0.15, -0.1) is 12.4 Å². The molecule has 0 bridgehead atoms. The van der Waals surface area contributed by atoms with Crippen molar-refractivity contribution in [3.63, 3.8) is 0 Å². The number of halogens is 2. The molecule has 120 valence electrons. The molecule has 3 unspecified atom stereocenters. The van der Waals surface area contributed by atoms with Crippen LogP contribution in [-0.4, -0.2) is 29.9 Å². The first-order valence-electron chi connectivity index (χ1n) is 7.09. The van der Waals surface area contributed by atoms with Gasteiger partial charge in [0.1, 0.15) is 0 Å². The molecular formula is C16H26Cl2N2O. The van der Waals surface area contributed by atoms with E-state index in [2.05, 4.69) is 13.8 Å². The molecule has 3 nitrogen and oxygen atoms in total. The van der Waals surface area contributed by atoms with Crippen LogP contribution in [0, 0.1) is 0 Å². The van der Waals surface area contributed by atoms with E-state index in [-0.39, 0.29) is 36.3 Å². The number of likely N-dealkylation sites (N-methyl/N-ethyl adjacent to an activating group) is 1. The second-order valence-corrected chi connectivity index (χ2v) is 6.04. The van der Waals surface area contributed by atoms with Crippen LogP contribution in [0.25, 0.3) is 0 Å². The van der Waals surface area contributed by atoms with Crippen molar-refractivity contribution >= 4 is 29.9 Å². The summed E-state index contributed by atoms with van der Waals surface area (Å²) in [6.45, 7) is 6.12. The third kappa shape index (κ3) is 6.25. The summed E-state index contributed by atoms with van der Waals surface area (Å²) in [6, 6.07) is 8.01. The van der Waals surface area contributed by atoms with Crippen LogP contribution in [0.2, 0.25) is 5.02 Å². The summed E-state index contributed by atoms with van der Waals surface area (Å²) < 4.78 is 0. The van der Waals surface area contributed by atoms with E-state index >= 15 is 0 Å². The molecule has 0 heterocycles. The van der Waals surface area contributed by atoms with Crippen molar-refractivity contribution in [3.05, 3.63) is 34.9 Å². The average molecular weight is 333 g/mol. The van der Waals surface area contributed by atoms with Gasteiger partial charge in [-0.3, -0.25) is 4.79 Å². The Kier molecular flexibility index (Phi) is 8.95. The van der Waals surface area contributed by atoms with E-state index in [1.54, 1.807) is 0 Å². The summed E-state index contributed by atoms with van der Waals surface area (Å²) >= 11 is 5.90. The molecule has 0 aliphatic rings. The van der Waals surface area contributed by atoms with Gasteiger partial charge in [-0.2, -0.15) is 0 Å². The lowest BCUT2D eigenvalue weighted by Gasteiger charge is -2.30. The minimum Gasteiger partial charge on any atom is -0.342 e. The largest absolute Gasteiger partial charge is 0.342 e. The Labute approximate surface area is 139 Å². The van der Waals surface area contributed by atoms with Gasteiger partial charge in [-0.25, -0.2) is 0 Å². The molecule has 0 saturated heterocycles. The summed E-state index contributed by atoms with van der Waals surface area (Å²) in [5.41, 5.74) is 6.89. The summed E-state index contributed by atoms with van der Waals surface area (Å²) in [6.07, 6.45) is 1.23. The van der Waals surface area contributed by atoms with Crippen molar-refractivity contribution in [2.75, 3.05) is 7.05 Å². The van der Waals surface area contributed by atoms with Crippen molar-refractivity contribution in [2.45, 2.75) is 51.6 Å². The first-order chi connectivity index (χ1) is 9.32. The molecule has 0 aliphatic heterocycles. The molecule has 0 radical (unpaired) electrons. The van der Waals surface area contributed by atoms with Gasteiger partial charge < -0.3 is 10.6 Å². The Morgan fingerprint density at radius 1 is 1.24 bits per heavy atom. The second kappa shape index (κ2) is 9.29. The molecule has 2 N–H and O–H groups in total. The molecule has 0 saturated carbocycles. The quantitative estimate of drug-likeness (QED) is 0.860. The van der Waals surface area contributed by atoms with Crippen molar-refractivity contribution < 1.29 is 4.79 Å². The molecule has 21 heavy (non-hydrogen) atoms. The number of benzene rings is 1. The first-order valence-corrected chi connectivity index (χ1v) is 7.47. The lowest BCUT2D eigenvalue weighted by Crippen LogP contribution is -2.38. The Morgan fingerprint density at radius 2 is 1.76 bits per heavy atom. The van der Waals surface area contributed by atoms with Gasteiger partial charge in [0, 0.05) is 36.5 Å². The van der Waals surface area contributed by atoms with Crippen molar-refractivity contribution in [3.8, 4) is 0 Å². The molecule has 0 fully saturated rings. The maximum absolute atomic E-state index is 12.1. The highest BCUT2D eigenvalue weighted by Crippen LogP contribution is 2.24. The van der Waals surface area contributed by atoms with E-state index in [1.807, 2.05) is 43.1 Å². The van der Waals surface area contributed by atoms with Gasteiger partial charge in [0.05, 0.1) is 0 Å². The van der Waals surface area contributed by atoms with Crippen molar-refractivity contribution in [2.24, 2.45) is 5.73 Å². The Balaban J connectivity index is 0.00000400. The molecule has 1 amide bonds. The van der Waals surface area contributed by atoms with E-state index in [0.29, 0.717) is 6.42 Å². The van der Waals surface area contributed by atoms with Gasteiger partial charge in [0.2, 0.25) is 5.91 Å². The van der Waals surface area contributed by atoms with Gasteiger partial charge in [0.15, 0.2) is 0 Å². The topological polar surface area (TPSA) is 46.3 Å². The predicted molar refractivity (Wildman–Crippen MR) is 92.2 cm³/mol. The fourth-order valence-corrected chi connectivity index (χ4v) is 2.26. The maximum atomic E-state index is 12.1. The molecular weight excluding hydrogens is 307 g/mol. The molecule has 1 aromatic carbocycles. The minimum absolute atomic E-state index is 0. The third-order valence-corrected chi connectivity index (χ3v) is 4.19. The van der Waals surface area contributed by atoms with Crippen LogP contribution in [0.1, 0.15) is 45.1 Å². The van der Waals surface area contributed by atoms with E-state index in [9.17, 15) is 4.79 Å². The fourth-order valence-electron chi connectivity index (χ4n) is 2.13. The zero-order chi connectivity index (χ0) is 15.3. The standard InChI is InChI=1S/C16H25ClN2O.ClH/c1-11(18)5-10-16(20)19(4)13(3)12(2)14-6-8-15(17)9-7-14;/h6-9,11-13H,5,10,18H2,1-4H3;1H. The van der Waals surface area contributed by atoms with E-state index in [1.165, 1.54) is 5.56 Å². The zero-order valence-electron chi connectivity index (χ0n) is 13.2.